The molecule has 82 valence electrons. The van der Waals surface area contributed by atoms with Crippen LogP contribution in [0.4, 0.5) is 0 Å². The summed E-state index contributed by atoms with van der Waals surface area (Å²) >= 11 is 0.999. The molecule has 0 amide bonds. The van der Waals surface area contributed by atoms with Crippen LogP contribution in [-0.2, 0) is 4.74 Å². The number of carbonyl (C=O) groups is 1. The van der Waals surface area contributed by atoms with E-state index in [1.54, 1.807) is 0 Å². The minimum Gasteiger partial charge on any atom is -0.464 e. The molecule has 0 unspecified atom stereocenters. The predicted octanol–water partition coefficient (Wildman–Crippen LogP) is 1.89. The Morgan fingerprint density at radius 1 is 1.31 bits per heavy atom. The highest BCUT2D eigenvalue weighted by molar-refractivity contribution is 7.13. The second-order valence-electron chi connectivity index (χ2n) is 3.08. The lowest BCUT2D eigenvalue weighted by Gasteiger charge is -2.00. The molecule has 0 fully saturated rings. The van der Waals surface area contributed by atoms with E-state index in [1.807, 2.05) is 30.3 Å². The molecule has 2 rings (SSSR count). The van der Waals surface area contributed by atoms with Gasteiger partial charge in [0.1, 0.15) is 5.69 Å². The zero-order valence-corrected chi connectivity index (χ0v) is 9.34. The summed E-state index contributed by atoms with van der Waals surface area (Å²) in [6.07, 6.45) is 0. The molecular weight excluding hydrogens is 226 g/mol. The monoisotopic (exact) mass is 235 g/mol. The molecule has 1 aromatic heterocycles. The van der Waals surface area contributed by atoms with E-state index in [2.05, 4.69) is 9.72 Å². The van der Waals surface area contributed by atoms with Gasteiger partial charge in [-0.1, -0.05) is 41.7 Å². The molecule has 16 heavy (non-hydrogen) atoms. The number of H-pyrrole nitrogens is 1. The summed E-state index contributed by atoms with van der Waals surface area (Å²) in [4.78, 5) is 25.5. The maximum atomic E-state index is 11.4. The summed E-state index contributed by atoms with van der Waals surface area (Å²) in [6.45, 7) is 0. The van der Waals surface area contributed by atoms with Gasteiger partial charge in [-0.25, -0.2) is 4.79 Å². The van der Waals surface area contributed by atoms with E-state index >= 15 is 0 Å². The largest absolute Gasteiger partial charge is 0.464 e. The molecule has 2 aromatic rings. The molecule has 0 radical (unpaired) electrons. The average Bonchev–Trinajstić information content (AvgIpc) is 2.71. The van der Waals surface area contributed by atoms with Gasteiger partial charge in [-0.2, -0.15) is 0 Å². The molecule has 0 saturated heterocycles. The number of aromatic nitrogens is 1. The van der Waals surface area contributed by atoms with E-state index in [-0.39, 0.29) is 10.6 Å². The topological polar surface area (TPSA) is 59.2 Å². The molecular formula is C11H9NO3S. The third-order valence-electron chi connectivity index (χ3n) is 2.07. The van der Waals surface area contributed by atoms with Gasteiger partial charge in [0.15, 0.2) is 0 Å². The van der Waals surface area contributed by atoms with Crippen molar-refractivity contribution >= 4 is 17.3 Å². The number of benzene rings is 1. The SMILES string of the molecule is COC(=O)c1[nH]c(=O)sc1-c1ccccc1. The molecule has 0 spiro atoms. The van der Waals surface area contributed by atoms with Gasteiger partial charge in [-0.3, -0.25) is 4.79 Å². The highest BCUT2D eigenvalue weighted by Crippen LogP contribution is 2.25. The minimum absolute atomic E-state index is 0.212. The van der Waals surface area contributed by atoms with Crippen molar-refractivity contribution < 1.29 is 9.53 Å². The van der Waals surface area contributed by atoms with Crippen molar-refractivity contribution in [2.75, 3.05) is 7.11 Å². The van der Waals surface area contributed by atoms with Gasteiger partial charge in [-0.05, 0) is 5.56 Å². The first kappa shape index (κ1) is 10.6. The molecule has 0 aliphatic rings. The number of rotatable bonds is 2. The van der Waals surface area contributed by atoms with Crippen LogP contribution in [0.5, 0.6) is 0 Å². The van der Waals surface area contributed by atoms with E-state index in [4.69, 9.17) is 0 Å². The first-order valence-corrected chi connectivity index (χ1v) is 5.41. The number of hydrogen-bond donors (Lipinski definition) is 1. The van der Waals surface area contributed by atoms with Gasteiger partial charge in [-0.15, -0.1) is 0 Å². The number of esters is 1. The Bertz CT molecular complexity index is 556. The van der Waals surface area contributed by atoms with Crippen molar-refractivity contribution in [1.29, 1.82) is 0 Å². The van der Waals surface area contributed by atoms with Crippen molar-refractivity contribution in [1.82, 2.24) is 4.98 Å². The molecule has 0 saturated carbocycles. The Balaban J connectivity index is 2.57. The van der Waals surface area contributed by atoms with Gasteiger partial charge in [0.05, 0.1) is 12.0 Å². The van der Waals surface area contributed by atoms with Crippen LogP contribution < -0.4 is 4.87 Å². The molecule has 1 aromatic carbocycles. The lowest BCUT2D eigenvalue weighted by molar-refractivity contribution is 0.0595. The van der Waals surface area contributed by atoms with E-state index in [0.717, 1.165) is 16.9 Å². The third kappa shape index (κ3) is 1.90. The predicted molar refractivity (Wildman–Crippen MR) is 61.7 cm³/mol. The van der Waals surface area contributed by atoms with Crippen LogP contribution in [0.3, 0.4) is 0 Å². The minimum atomic E-state index is -0.530. The number of hydrogen-bond acceptors (Lipinski definition) is 4. The van der Waals surface area contributed by atoms with Crippen molar-refractivity contribution in [2.45, 2.75) is 0 Å². The average molecular weight is 235 g/mol. The Morgan fingerprint density at radius 3 is 2.62 bits per heavy atom. The number of aromatic amines is 1. The lowest BCUT2D eigenvalue weighted by Crippen LogP contribution is -2.05. The number of methoxy groups -OCH3 is 1. The number of thiazole rings is 1. The molecule has 1 heterocycles. The molecule has 4 nitrogen and oxygen atoms in total. The fraction of sp³-hybridized carbons (Fsp3) is 0.0909. The molecule has 0 bridgehead atoms. The van der Waals surface area contributed by atoms with Gasteiger partial charge in [0.25, 0.3) is 0 Å². The zero-order valence-electron chi connectivity index (χ0n) is 8.52. The molecule has 0 aliphatic heterocycles. The van der Waals surface area contributed by atoms with Gasteiger partial charge in [0.2, 0.25) is 0 Å². The Morgan fingerprint density at radius 2 is 2.00 bits per heavy atom. The maximum Gasteiger partial charge on any atom is 0.356 e. The van der Waals surface area contributed by atoms with Crippen LogP contribution in [-0.4, -0.2) is 18.1 Å². The fourth-order valence-corrected chi connectivity index (χ4v) is 2.20. The lowest BCUT2D eigenvalue weighted by atomic mass is 10.1. The first-order chi connectivity index (χ1) is 7.72. The van der Waals surface area contributed by atoms with E-state index in [9.17, 15) is 9.59 Å². The number of carbonyl (C=O) groups excluding carboxylic acids is 1. The van der Waals surface area contributed by atoms with E-state index in [1.165, 1.54) is 7.11 Å². The molecule has 0 atom stereocenters. The summed E-state index contributed by atoms with van der Waals surface area (Å²) in [5, 5.41) is 0. The summed E-state index contributed by atoms with van der Waals surface area (Å²) in [7, 11) is 1.28. The summed E-state index contributed by atoms with van der Waals surface area (Å²) in [5.41, 5.74) is 1.04. The standard InChI is InChI=1S/C11H9NO3S/c1-15-10(13)8-9(16-11(14)12-8)7-5-3-2-4-6-7/h2-6H,1H3,(H,12,14). The Hall–Kier alpha value is -1.88. The number of nitrogens with one attached hydrogen (secondary N) is 1. The van der Waals surface area contributed by atoms with Crippen LogP contribution in [0.2, 0.25) is 0 Å². The maximum absolute atomic E-state index is 11.4. The van der Waals surface area contributed by atoms with Crippen LogP contribution >= 0.6 is 11.3 Å². The third-order valence-corrected chi connectivity index (χ3v) is 3.01. The molecule has 1 N–H and O–H groups in total. The van der Waals surface area contributed by atoms with Crippen molar-refractivity contribution in [3.63, 3.8) is 0 Å². The molecule has 0 aliphatic carbocycles. The van der Waals surface area contributed by atoms with Crippen LogP contribution in [0, 0.1) is 0 Å². The summed E-state index contributed by atoms with van der Waals surface area (Å²) in [6, 6.07) is 9.25. The normalized spacial score (nSPS) is 10.1. The van der Waals surface area contributed by atoms with E-state index < -0.39 is 5.97 Å². The van der Waals surface area contributed by atoms with Gasteiger partial charge < -0.3 is 9.72 Å². The Labute approximate surface area is 95.5 Å². The second-order valence-corrected chi connectivity index (χ2v) is 4.06. The van der Waals surface area contributed by atoms with Crippen LogP contribution in [0.1, 0.15) is 10.5 Å². The quantitative estimate of drug-likeness (QED) is 0.808. The second kappa shape index (κ2) is 4.32. The first-order valence-electron chi connectivity index (χ1n) is 4.59. The van der Waals surface area contributed by atoms with E-state index in [0.29, 0.717) is 4.88 Å². The van der Waals surface area contributed by atoms with Crippen LogP contribution in [0.15, 0.2) is 35.1 Å². The summed E-state index contributed by atoms with van der Waals surface area (Å²) in [5.74, 6) is -0.530. The van der Waals surface area contributed by atoms with Gasteiger partial charge >= 0.3 is 10.8 Å². The zero-order chi connectivity index (χ0) is 11.5. The van der Waals surface area contributed by atoms with Crippen molar-refractivity contribution in [3.05, 3.63) is 45.7 Å². The highest BCUT2D eigenvalue weighted by atomic mass is 32.1. The van der Waals surface area contributed by atoms with Gasteiger partial charge in [0, 0.05) is 0 Å². The Kier molecular flexibility index (Phi) is 2.87. The fourth-order valence-electron chi connectivity index (χ4n) is 1.37. The number of ether oxygens (including phenoxy) is 1. The highest BCUT2D eigenvalue weighted by Gasteiger charge is 2.17. The van der Waals surface area contributed by atoms with Crippen LogP contribution in [0.25, 0.3) is 10.4 Å². The molecule has 5 heteroatoms. The smallest absolute Gasteiger partial charge is 0.356 e. The van der Waals surface area contributed by atoms with Crippen molar-refractivity contribution in [2.24, 2.45) is 0 Å². The summed E-state index contributed by atoms with van der Waals surface area (Å²) < 4.78 is 4.61. The van der Waals surface area contributed by atoms with Crippen molar-refractivity contribution in [3.8, 4) is 10.4 Å².